The molecule has 0 amide bonds. The van der Waals surface area contributed by atoms with Crippen LogP contribution in [0.1, 0.15) is 24.8 Å². The first kappa shape index (κ1) is 16.1. The summed E-state index contributed by atoms with van der Waals surface area (Å²) in [6.45, 7) is 0.729. The molecule has 3 rings (SSSR count). The van der Waals surface area contributed by atoms with Gasteiger partial charge in [0.15, 0.2) is 5.96 Å². The summed E-state index contributed by atoms with van der Waals surface area (Å²) in [4.78, 5) is 8.87. The Hall–Kier alpha value is -1.75. The monoisotopic (exact) mass is 328 g/mol. The van der Waals surface area contributed by atoms with Crippen LogP contribution < -0.4 is 10.6 Å². The van der Waals surface area contributed by atoms with Crippen LogP contribution in [-0.4, -0.2) is 35.5 Å². The van der Waals surface area contributed by atoms with Crippen molar-refractivity contribution in [2.24, 2.45) is 4.99 Å². The quantitative estimate of drug-likeness (QED) is 0.668. The van der Waals surface area contributed by atoms with Gasteiger partial charge in [-0.1, -0.05) is 24.3 Å². The third-order valence-electron chi connectivity index (χ3n) is 4.44. The SMILES string of the molecule is CN=C(NCc1cccc2cccnc12)NC1CCC(SC)C1. The summed E-state index contributed by atoms with van der Waals surface area (Å²) in [5, 5.41) is 8.94. The summed E-state index contributed by atoms with van der Waals surface area (Å²) in [5.41, 5.74) is 2.25. The topological polar surface area (TPSA) is 49.3 Å². The summed E-state index contributed by atoms with van der Waals surface area (Å²) in [6.07, 6.45) is 7.79. The Kier molecular flexibility index (Phi) is 5.39. The highest BCUT2D eigenvalue weighted by molar-refractivity contribution is 7.99. The van der Waals surface area contributed by atoms with Gasteiger partial charge >= 0.3 is 0 Å². The number of fused-ring (bicyclic) bond motifs is 1. The number of benzene rings is 1. The molecule has 1 saturated carbocycles. The maximum absolute atomic E-state index is 4.51. The van der Waals surface area contributed by atoms with Crippen LogP contribution in [0.4, 0.5) is 0 Å². The lowest BCUT2D eigenvalue weighted by Gasteiger charge is -2.17. The molecule has 2 N–H and O–H groups in total. The fourth-order valence-electron chi connectivity index (χ4n) is 3.16. The van der Waals surface area contributed by atoms with Crippen LogP contribution in [0.25, 0.3) is 10.9 Å². The van der Waals surface area contributed by atoms with E-state index in [1.165, 1.54) is 30.2 Å². The van der Waals surface area contributed by atoms with E-state index < -0.39 is 0 Å². The smallest absolute Gasteiger partial charge is 0.191 e. The van der Waals surface area contributed by atoms with Crippen molar-refractivity contribution in [1.82, 2.24) is 15.6 Å². The molecule has 1 aliphatic carbocycles. The van der Waals surface area contributed by atoms with E-state index in [9.17, 15) is 0 Å². The van der Waals surface area contributed by atoms with Crippen molar-refractivity contribution in [2.45, 2.75) is 37.1 Å². The van der Waals surface area contributed by atoms with Gasteiger partial charge in [0.2, 0.25) is 0 Å². The second kappa shape index (κ2) is 7.68. The second-order valence-corrected chi connectivity index (χ2v) is 7.07. The molecule has 2 unspecified atom stereocenters. The molecule has 4 nitrogen and oxygen atoms in total. The number of guanidine groups is 1. The summed E-state index contributed by atoms with van der Waals surface area (Å²) in [6, 6.07) is 10.9. The molecule has 2 atom stereocenters. The van der Waals surface area contributed by atoms with Crippen LogP contribution in [0.5, 0.6) is 0 Å². The van der Waals surface area contributed by atoms with Gasteiger partial charge in [-0.3, -0.25) is 9.98 Å². The van der Waals surface area contributed by atoms with E-state index in [-0.39, 0.29) is 0 Å². The minimum absolute atomic E-state index is 0.532. The van der Waals surface area contributed by atoms with E-state index in [0.717, 1.165) is 23.3 Å². The normalized spacial score (nSPS) is 21.6. The molecule has 23 heavy (non-hydrogen) atoms. The van der Waals surface area contributed by atoms with Crippen molar-refractivity contribution in [3.63, 3.8) is 0 Å². The summed E-state index contributed by atoms with van der Waals surface area (Å²) in [7, 11) is 1.83. The molecule has 1 aromatic carbocycles. The highest BCUT2D eigenvalue weighted by atomic mass is 32.2. The highest BCUT2D eigenvalue weighted by Gasteiger charge is 2.24. The number of hydrogen-bond donors (Lipinski definition) is 2. The van der Waals surface area contributed by atoms with E-state index in [0.29, 0.717) is 6.04 Å². The molecule has 2 aromatic rings. The minimum atomic E-state index is 0.532. The van der Waals surface area contributed by atoms with Gasteiger partial charge in [-0.05, 0) is 37.1 Å². The molecular formula is C18H24N4S. The van der Waals surface area contributed by atoms with E-state index in [1.807, 2.05) is 31.1 Å². The Morgan fingerprint density at radius 3 is 2.96 bits per heavy atom. The van der Waals surface area contributed by atoms with Gasteiger partial charge in [-0.15, -0.1) is 0 Å². The summed E-state index contributed by atoms with van der Waals surface area (Å²) in [5.74, 6) is 0.879. The third kappa shape index (κ3) is 3.96. The van der Waals surface area contributed by atoms with Crippen molar-refractivity contribution in [1.29, 1.82) is 0 Å². The van der Waals surface area contributed by atoms with Crippen molar-refractivity contribution < 1.29 is 0 Å². The first-order valence-corrected chi connectivity index (χ1v) is 9.41. The molecule has 5 heteroatoms. The van der Waals surface area contributed by atoms with Gasteiger partial charge < -0.3 is 10.6 Å². The van der Waals surface area contributed by atoms with Gasteiger partial charge in [0, 0.05) is 36.5 Å². The predicted molar refractivity (Wildman–Crippen MR) is 100 cm³/mol. The number of aliphatic imine (C=N–C) groups is 1. The van der Waals surface area contributed by atoms with Gasteiger partial charge in [-0.2, -0.15) is 11.8 Å². The molecule has 1 aromatic heterocycles. The highest BCUT2D eigenvalue weighted by Crippen LogP contribution is 2.28. The number of para-hydroxylation sites is 1. The lowest BCUT2D eigenvalue weighted by atomic mass is 10.1. The zero-order valence-corrected chi connectivity index (χ0v) is 14.6. The van der Waals surface area contributed by atoms with Gasteiger partial charge in [0.05, 0.1) is 5.52 Å². The lowest BCUT2D eigenvalue weighted by molar-refractivity contribution is 0.615. The van der Waals surface area contributed by atoms with E-state index >= 15 is 0 Å². The van der Waals surface area contributed by atoms with Crippen molar-refractivity contribution in [3.8, 4) is 0 Å². The largest absolute Gasteiger partial charge is 0.354 e. The Labute approximate surface area is 142 Å². The second-order valence-electron chi connectivity index (χ2n) is 5.93. The van der Waals surface area contributed by atoms with E-state index in [1.54, 1.807) is 0 Å². The Morgan fingerprint density at radius 1 is 1.30 bits per heavy atom. The van der Waals surface area contributed by atoms with E-state index in [4.69, 9.17) is 0 Å². The fraction of sp³-hybridized carbons (Fsp3) is 0.444. The number of thioether (sulfide) groups is 1. The van der Waals surface area contributed by atoms with Crippen LogP contribution >= 0.6 is 11.8 Å². The number of pyridine rings is 1. The van der Waals surface area contributed by atoms with Crippen molar-refractivity contribution >= 4 is 28.6 Å². The first-order chi connectivity index (χ1) is 11.3. The molecule has 0 aliphatic heterocycles. The average Bonchev–Trinajstić information content (AvgIpc) is 3.06. The van der Waals surface area contributed by atoms with Crippen LogP contribution in [0.15, 0.2) is 41.5 Å². The molecule has 0 bridgehead atoms. The third-order valence-corrected chi connectivity index (χ3v) is 5.54. The Bertz CT molecular complexity index is 680. The Morgan fingerprint density at radius 2 is 2.17 bits per heavy atom. The number of nitrogens with one attached hydrogen (secondary N) is 2. The number of rotatable bonds is 4. The molecule has 1 heterocycles. The summed E-state index contributed by atoms with van der Waals surface area (Å²) < 4.78 is 0. The fourth-order valence-corrected chi connectivity index (χ4v) is 3.96. The first-order valence-electron chi connectivity index (χ1n) is 8.12. The molecule has 0 saturated heterocycles. The van der Waals surface area contributed by atoms with E-state index in [2.05, 4.69) is 51.1 Å². The van der Waals surface area contributed by atoms with Gasteiger partial charge in [-0.25, -0.2) is 0 Å². The zero-order valence-electron chi connectivity index (χ0n) is 13.7. The van der Waals surface area contributed by atoms with Gasteiger partial charge in [0.25, 0.3) is 0 Å². The molecule has 0 spiro atoms. The Balaban J connectivity index is 1.62. The molecule has 122 valence electrons. The minimum Gasteiger partial charge on any atom is -0.354 e. The van der Waals surface area contributed by atoms with Crippen LogP contribution in [0, 0.1) is 0 Å². The molecule has 1 aliphatic rings. The van der Waals surface area contributed by atoms with Crippen LogP contribution in [0.3, 0.4) is 0 Å². The molecule has 1 fully saturated rings. The number of hydrogen-bond acceptors (Lipinski definition) is 3. The summed E-state index contributed by atoms with van der Waals surface area (Å²) >= 11 is 1.97. The number of aromatic nitrogens is 1. The average molecular weight is 328 g/mol. The maximum Gasteiger partial charge on any atom is 0.191 e. The van der Waals surface area contributed by atoms with Gasteiger partial charge in [0.1, 0.15) is 0 Å². The lowest BCUT2D eigenvalue weighted by Crippen LogP contribution is -2.42. The maximum atomic E-state index is 4.51. The van der Waals surface area contributed by atoms with Crippen molar-refractivity contribution in [3.05, 3.63) is 42.1 Å². The predicted octanol–water partition coefficient (Wildman–Crippen LogP) is 3.18. The van der Waals surface area contributed by atoms with Crippen LogP contribution in [0.2, 0.25) is 0 Å². The zero-order chi connectivity index (χ0) is 16.1. The van der Waals surface area contributed by atoms with Crippen molar-refractivity contribution in [2.75, 3.05) is 13.3 Å². The molecular weight excluding hydrogens is 304 g/mol. The molecule has 0 radical (unpaired) electrons. The number of nitrogens with zero attached hydrogens (tertiary/aromatic N) is 2. The standard InChI is InChI=1S/C18H24N4S/c1-19-18(22-15-8-9-16(11-15)23-2)21-12-14-6-3-5-13-7-4-10-20-17(13)14/h3-7,10,15-16H,8-9,11-12H2,1-2H3,(H2,19,21,22). The van der Waals surface area contributed by atoms with Crippen LogP contribution in [-0.2, 0) is 6.54 Å².